The predicted octanol–water partition coefficient (Wildman–Crippen LogP) is 3.57. The lowest BCUT2D eigenvalue weighted by Crippen LogP contribution is -1.98. The molecule has 102 valence electrons. The Bertz CT molecular complexity index is 868. The Labute approximate surface area is 120 Å². The lowest BCUT2D eigenvalue weighted by Gasteiger charge is -2.12. The number of hydrogen-bond acceptors (Lipinski definition) is 4. The van der Waals surface area contributed by atoms with Crippen LogP contribution >= 0.6 is 0 Å². The van der Waals surface area contributed by atoms with Crippen molar-refractivity contribution in [3.05, 3.63) is 60.0 Å². The van der Waals surface area contributed by atoms with Gasteiger partial charge in [-0.05, 0) is 24.3 Å². The summed E-state index contributed by atoms with van der Waals surface area (Å²) in [6, 6.07) is 13.5. The maximum atomic E-state index is 13.3. The number of benzene rings is 2. The Balaban J connectivity index is 2.20. The lowest BCUT2D eigenvalue weighted by atomic mass is 10.1. The Morgan fingerprint density at radius 3 is 2.76 bits per heavy atom. The summed E-state index contributed by atoms with van der Waals surface area (Å²) in [7, 11) is 0. The van der Waals surface area contributed by atoms with E-state index in [0.717, 1.165) is 5.39 Å². The number of fused-ring (bicyclic) bond motifs is 1. The van der Waals surface area contributed by atoms with Gasteiger partial charge in [0.2, 0.25) is 0 Å². The van der Waals surface area contributed by atoms with E-state index in [1.54, 1.807) is 24.3 Å². The molecule has 0 fully saturated rings. The van der Waals surface area contributed by atoms with Crippen LogP contribution in [-0.2, 0) is 0 Å². The first-order valence-corrected chi connectivity index (χ1v) is 6.29. The van der Waals surface area contributed by atoms with Gasteiger partial charge in [-0.2, -0.15) is 5.26 Å². The highest BCUT2D eigenvalue weighted by molar-refractivity contribution is 6.00. The minimum atomic E-state index is -0.351. The molecule has 0 saturated heterocycles. The highest BCUT2D eigenvalue weighted by Crippen LogP contribution is 2.31. The number of nitriles is 1. The first-order valence-electron chi connectivity index (χ1n) is 6.29. The molecule has 0 unspecified atom stereocenters. The van der Waals surface area contributed by atoms with Gasteiger partial charge in [-0.25, -0.2) is 4.39 Å². The first kappa shape index (κ1) is 12.9. The summed E-state index contributed by atoms with van der Waals surface area (Å²) in [5.41, 5.74) is 8.53. The maximum absolute atomic E-state index is 13.3. The molecule has 21 heavy (non-hydrogen) atoms. The average molecular weight is 278 g/mol. The van der Waals surface area contributed by atoms with Gasteiger partial charge in [-0.15, -0.1) is 0 Å². The van der Waals surface area contributed by atoms with E-state index < -0.39 is 0 Å². The van der Waals surface area contributed by atoms with E-state index in [-0.39, 0.29) is 5.82 Å². The fraction of sp³-hybridized carbons (Fsp3) is 0. The van der Waals surface area contributed by atoms with Crippen LogP contribution in [0.4, 0.5) is 21.5 Å². The van der Waals surface area contributed by atoms with E-state index >= 15 is 0 Å². The van der Waals surface area contributed by atoms with E-state index in [0.29, 0.717) is 28.1 Å². The molecule has 0 atom stereocenters. The normalized spacial score (nSPS) is 10.3. The summed E-state index contributed by atoms with van der Waals surface area (Å²) in [5.74, 6) is -0.351. The molecule has 0 aliphatic heterocycles. The molecule has 0 radical (unpaired) electrons. The summed E-state index contributed by atoms with van der Waals surface area (Å²) in [6.07, 6.45) is 1.46. The Morgan fingerprint density at radius 1 is 1.19 bits per heavy atom. The Hall–Kier alpha value is -3.13. The van der Waals surface area contributed by atoms with Crippen molar-refractivity contribution in [3.63, 3.8) is 0 Å². The molecular weight excluding hydrogens is 267 g/mol. The minimum Gasteiger partial charge on any atom is -0.397 e. The van der Waals surface area contributed by atoms with Gasteiger partial charge in [-0.3, -0.25) is 4.98 Å². The van der Waals surface area contributed by atoms with E-state index in [1.807, 2.05) is 6.07 Å². The van der Waals surface area contributed by atoms with Crippen LogP contribution in [0.15, 0.2) is 48.7 Å². The molecule has 0 aliphatic rings. The van der Waals surface area contributed by atoms with Crippen molar-refractivity contribution in [2.24, 2.45) is 0 Å². The summed E-state index contributed by atoms with van der Waals surface area (Å²) in [6.45, 7) is 0. The smallest absolute Gasteiger partial charge is 0.125 e. The van der Waals surface area contributed by atoms with Gasteiger partial charge in [0.15, 0.2) is 0 Å². The van der Waals surface area contributed by atoms with Crippen LogP contribution in [0.25, 0.3) is 10.9 Å². The standard InChI is InChI=1S/C16H11FN4/c17-11-3-1-4-12(7-11)21-15-10(8-18)9-20-16-13(15)5-2-6-14(16)19/h1-7,9H,19H2,(H,20,21). The van der Waals surface area contributed by atoms with Crippen molar-refractivity contribution in [1.29, 1.82) is 5.26 Å². The monoisotopic (exact) mass is 278 g/mol. The molecule has 3 rings (SSSR count). The number of para-hydroxylation sites is 1. The zero-order valence-corrected chi connectivity index (χ0v) is 11.0. The fourth-order valence-electron chi connectivity index (χ4n) is 2.18. The molecule has 1 aromatic heterocycles. The third kappa shape index (κ3) is 2.35. The zero-order chi connectivity index (χ0) is 14.8. The van der Waals surface area contributed by atoms with E-state index in [1.165, 1.54) is 18.3 Å². The van der Waals surface area contributed by atoms with Crippen LogP contribution in [-0.4, -0.2) is 4.98 Å². The largest absolute Gasteiger partial charge is 0.397 e. The molecule has 1 heterocycles. The Kier molecular flexibility index (Phi) is 3.13. The zero-order valence-electron chi connectivity index (χ0n) is 11.0. The molecule has 3 aromatic rings. The SMILES string of the molecule is N#Cc1cnc2c(N)cccc2c1Nc1cccc(F)c1. The number of hydrogen-bond donors (Lipinski definition) is 2. The summed E-state index contributed by atoms with van der Waals surface area (Å²) < 4.78 is 13.3. The molecule has 0 aliphatic carbocycles. The molecular formula is C16H11FN4. The second-order valence-electron chi connectivity index (χ2n) is 4.54. The minimum absolute atomic E-state index is 0.351. The quantitative estimate of drug-likeness (QED) is 0.703. The summed E-state index contributed by atoms with van der Waals surface area (Å²) >= 11 is 0. The maximum Gasteiger partial charge on any atom is 0.125 e. The van der Waals surface area contributed by atoms with Gasteiger partial charge in [0.25, 0.3) is 0 Å². The van der Waals surface area contributed by atoms with Crippen molar-refractivity contribution < 1.29 is 4.39 Å². The van der Waals surface area contributed by atoms with Crippen LogP contribution in [0.2, 0.25) is 0 Å². The second kappa shape index (κ2) is 5.10. The molecule has 3 N–H and O–H groups in total. The molecule has 0 saturated carbocycles. The second-order valence-corrected chi connectivity index (χ2v) is 4.54. The third-order valence-electron chi connectivity index (χ3n) is 3.14. The van der Waals surface area contributed by atoms with Gasteiger partial charge in [0.1, 0.15) is 11.9 Å². The van der Waals surface area contributed by atoms with Gasteiger partial charge in [0.05, 0.1) is 22.5 Å². The summed E-state index contributed by atoms with van der Waals surface area (Å²) in [4.78, 5) is 4.21. The number of nitrogens with two attached hydrogens (primary N) is 1. The number of halogens is 1. The van der Waals surface area contributed by atoms with Crippen LogP contribution in [0.3, 0.4) is 0 Å². The number of nitrogens with zero attached hydrogens (tertiary/aromatic N) is 2. The van der Waals surface area contributed by atoms with Gasteiger partial charge >= 0.3 is 0 Å². The van der Waals surface area contributed by atoms with Crippen molar-refractivity contribution in [2.75, 3.05) is 11.1 Å². The van der Waals surface area contributed by atoms with Crippen molar-refractivity contribution in [1.82, 2.24) is 4.98 Å². The topological polar surface area (TPSA) is 74.7 Å². The number of rotatable bonds is 2. The predicted molar refractivity (Wildman–Crippen MR) is 80.6 cm³/mol. The van der Waals surface area contributed by atoms with Crippen LogP contribution in [0, 0.1) is 17.1 Å². The summed E-state index contributed by atoms with van der Waals surface area (Å²) in [5, 5.41) is 13.0. The molecule has 0 spiro atoms. The average Bonchev–Trinajstić information content (AvgIpc) is 2.48. The number of aromatic nitrogens is 1. The molecule has 0 bridgehead atoms. The molecule has 2 aromatic carbocycles. The molecule has 4 nitrogen and oxygen atoms in total. The Morgan fingerprint density at radius 2 is 2.00 bits per heavy atom. The van der Waals surface area contributed by atoms with Gasteiger partial charge in [-0.1, -0.05) is 18.2 Å². The van der Waals surface area contributed by atoms with Gasteiger partial charge < -0.3 is 11.1 Å². The number of nitrogens with one attached hydrogen (secondary N) is 1. The van der Waals surface area contributed by atoms with Gasteiger partial charge in [0, 0.05) is 17.3 Å². The van der Waals surface area contributed by atoms with Crippen molar-refractivity contribution in [3.8, 4) is 6.07 Å². The van der Waals surface area contributed by atoms with E-state index in [4.69, 9.17) is 5.73 Å². The highest BCUT2D eigenvalue weighted by Gasteiger charge is 2.11. The number of pyridine rings is 1. The first-order chi connectivity index (χ1) is 10.2. The lowest BCUT2D eigenvalue weighted by molar-refractivity contribution is 0.628. The number of nitrogen functional groups attached to an aromatic ring is 1. The van der Waals surface area contributed by atoms with Crippen LogP contribution < -0.4 is 11.1 Å². The van der Waals surface area contributed by atoms with E-state index in [2.05, 4.69) is 16.4 Å². The van der Waals surface area contributed by atoms with Crippen molar-refractivity contribution in [2.45, 2.75) is 0 Å². The van der Waals surface area contributed by atoms with Crippen LogP contribution in [0.5, 0.6) is 0 Å². The molecule has 5 heteroatoms. The van der Waals surface area contributed by atoms with Crippen molar-refractivity contribution >= 4 is 28.0 Å². The molecule has 0 amide bonds. The third-order valence-corrected chi connectivity index (χ3v) is 3.14. The fourth-order valence-corrected chi connectivity index (χ4v) is 2.18. The number of anilines is 3. The van der Waals surface area contributed by atoms with E-state index in [9.17, 15) is 9.65 Å². The highest BCUT2D eigenvalue weighted by atomic mass is 19.1. The van der Waals surface area contributed by atoms with Crippen LogP contribution in [0.1, 0.15) is 5.56 Å².